The van der Waals surface area contributed by atoms with Gasteiger partial charge in [-0.1, -0.05) is 6.07 Å². The minimum Gasteiger partial charge on any atom is -0.355 e. The quantitative estimate of drug-likeness (QED) is 0.784. The highest BCUT2D eigenvalue weighted by Gasteiger charge is 2.44. The van der Waals surface area contributed by atoms with Crippen molar-refractivity contribution in [2.45, 2.75) is 13.3 Å². The lowest BCUT2D eigenvalue weighted by molar-refractivity contribution is -0.136. The van der Waals surface area contributed by atoms with Crippen LogP contribution in [0.5, 0.6) is 0 Å². The standard InChI is InChI=1S/C12H12F2N2O2/c1-12(5-6-15-10(12)17)11(18)16-8-4-2-3-7(13)9(8)14/h2-4H,5-6H2,1H3,(H,15,17)(H,16,18)/t12-/m0/s1. The van der Waals surface area contributed by atoms with Gasteiger partial charge in [-0.05, 0) is 25.5 Å². The van der Waals surface area contributed by atoms with Gasteiger partial charge in [0.2, 0.25) is 11.8 Å². The van der Waals surface area contributed by atoms with Crippen LogP contribution in [0.4, 0.5) is 14.5 Å². The summed E-state index contributed by atoms with van der Waals surface area (Å²) in [7, 11) is 0. The molecule has 1 fully saturated rings. The molecule has 1 atom stereocenters. The smallest absolute Gasteiger partial charge is 0.239 e. The number of hydrogen-bond donors (Lipinski definition) is 2. The van der Waals surface area contributed by atoms with E-state index in [1.807, 2.05) is 0 Å². The summed E-state index contributed by atoms with van der Waals surface area (Å²) in [6, 6.07) is 3.48. The molecule has 0 bridgehead atoms. The second-order valence-corrected chi connectivity index (χ2v) is 4.39. The molecular weight excluding hydrogens is 242 g/mol. The van der Waals surface area contributed by atoms with Crippen LogP contribution in [0.25, 0.3) is 0 Å². The average Bonchev–Trinajstić information content (AvgIpc) is 2.67. The molecule has 1 saturated heterocycles. The van der Waals surface area contributed by atoms with E-state index >= 15 is 0 Å². The second kappa shape index (κ2) is 4.36. The zero-order valence-electron chi connectivity index (χ0n) is 9.72. The number of nitrogens with one attached hydrogen (secondary N) is 2. The van der Waals surface area contributed by atoms with Crippen molar-refractivity contribution in [1.29, 1.82) is 0 Å². The number of hydrogen-bond acceptors (Lipinski definition) is 2. The molecular formula is C12H12F2N2O2. The second-order valence-electron chi connectivity index (χ2n) is 4.39. The van der Waals surface area contributed by atoms with Crippen molar-refractivity contribution in [3.8, 4) is 0 Å². The number of carbonyl (C=O) groups excluding carboxylic acids is 2. The first kappa shape index (κ1) is 12.5. The lowest BCUT2D eigenvalue weighted by Gasteiger charge is -2.19. The lowest BCUT2D eigenvalue weighted by atomic mass is 9.88. The van der Waals surface area contributed by atoms with Crippen molar-refractivity contribution in [2.24, 2.45) is 5.41 Å². The molecule has 2 amide bonds. The van der Waals surface area contributed by atoms with Crippen molar-refractivity contribution in [3.05, 3.63) is 29.8 Å². The Morgan fingerprint density at radius 1 is 1.44 bits per heavy atom. The van der Waals surface area contributed by atoms with E-state index in [4.69, 9.17) is 0 Å². The van der Waals surface area contributed by atoms with E-state index in [9.17, 15) is 18.4 Å². The molecule has 96 valence electrons. The Morgan fingerprint density at radius 3 is 2.78 bits per heavy atom. The summed E-state index contributed by atoms with van der Waals surface area (Å²) in [5.41, 5.74) is -1.50. The SMILES string of the molecule is C[C@]1(C(=O)Nc2cccc(F)c2F)CCNC1=O. The van der Waals surface area contributed by atoms with Crippen molar-refractivity contribution in [2.75, 3.05) is 11.9 Å². The number of anilines is 1. The van der Waals surface area contributed by atoms with Crippen LogP contribution in [-0.4, -0.2) is 18.4 Å². The normalized spacial score (nSPS) is 22.7. The van der Waals surface area contributed by atoms with Gasteiger partial charge in [0.1, 0.15) is 5.41 Å². The van der Waals surface area contributed by atoms with Gasteiger partial charge >= 0.3 is 0 Å². The summed E-state index contributed by atoms with van der Waals surface area (Å²) in [6.45, 7) is 1.87. The summed E-state index contributed by atoms with van der Waals surface area (Å²) in [5.74, 6) is -3.22. The largest absolute Gasteiger partial charge is 0.355 e. The van der Waals surface area contributed by atoms with E-state index in [1.54, 1.807) is 0 Å². The molecule has 2 N–H and O–H groups in total. The van der Waals surface area contributed by atoms with Crippen LogP contribution in [0, 0.1) is 17.0 Å². The first-order valence-electron chi connectivity index (χ1n) is 5.49. The summed E-state index contributed by atoms with van der Waals surface area (Å²) in [4.78, 5) is 23.5. The fourth-order valence-corrected chi connectivity index (χ4v) is 1.81. The van der Waals surface area contributed by atoms with Gasteiger partial charge < -0.3 is 10.6 Å². The third kappa shape index (κ3) is 1.94. The minimum absolute atomic E-state index is 0.263. The Labute approximate surface area is 102 Å². The number of carbonyl (C=O) groups is 2. The average molecular weight is 254 g/mol. The van der Waals surface area contributed by atoms with Gasteiger partial charge in [-0.3, -0.25) is 9.59 Å². The Bertz CT molecular complexity index is 519. The Hall–Kier alpha value is -1.98. The highest BCUT2D eigenvalue weighted by Crippen LogP contribution is 2.28. The van der Waals surface area contributed by atoms with Crippen molar-refractivity contribution >= 4 is 17.5 Å². The van der Waals surface area contributed by atoms with Crippen molar-refractivity contribution < 1.29 is 18.4 Å². The van der Waals surface area contributed by atoms with E-state index < -0.39 is 28.9 Å². The third-order valence-electron chi connectivity index (χ3n) is 3.11. The van der Waals surface area contributed by atoms with Gasteiger partial charge in [0.15, 0.2) is 11.6 Å². The van der Waals surface area contributed by atoms with Gasteiger partial charge in [-0.25, -0.2) is 8.78 Å². The maximum atomic E-state index is 13.4. The Kier molecular flexibility index (Phi) is 3.02. The third-order valence-corrected chi connectivity index (χ3v) is 3.11. The van der Waals surface area contributed by atoms with Gasteiger partial charge in [0, 0.05) is 6.54 Å². The molecule has 2 rings (SSSR count). The fraction of sp³-hybridized carbons (Fsp3) is 0.333. The molecule has 0 radical (unpaired) electrons. The van der Waals surface area contributed by atoms with Gasteiger partial charge in [0.25, 0.3) is 0 Å². The minimum atomic E-state index is -1.24. The van der Waals surface area contributed by atoms with Crippen LogP contribution in [0.3, 0.4) is 0 Å². The molecule has 1 aromatic rings. The van der Waals surface area contributed by atoms with Crippen LogP contribution in [0.2, 0.25) is 0 Å². The highest BCUT2D eigenvalue weighted by molar-refractivity contribution is 6.11. The molecule has 1 aliphatic heterocycles. The molecule has 1 aromatic carbocycles. The molecule has 0 saturated carbocycles. The van der Waals surface area contributed by atoms with E-state index in [0.29, 0.717) is 13.0 Å². The molecule has 0 aromatic heterocycles. The first-order chi connectivity index (χ1) is 8.45. The fourth-order valence-electron chi connectivity index (χ4n) is 1.81. The molecule has 0 spiro atoms. The molecule has 0 unspecified atom stereocenters. The van der Waals surface area contributed by atoms with Crippen LogP contribution in [-0.2, 0) is 9.59 Å². The highest BCUT2D eigenvalue weighted by atomic mass is 19.2. The number of halogens is 2. The monoisotopic (exact) mass is 254 g/mol. The van der Waals surface area contributed by atoms with Crippen LogP contribution in [0.15, 0.2) is 18.2 Å². The maximum absolute atomic E-state index is 13.4. The predicted octanol–water partition coefficient (Wildman–Crippen LogP) is 1.43. The van der Waals surface area contributed by atoms with Crippen LogP contribution < -0.4 is 10.6 Å². The van der Waals surface area contributed by atoms with Crippen molar-refractivity contribution in [3.63, 3.8) is 0 Å². The summed E-state index contributed by atoms with van der Waals surface area (Å²) >= 11 is 0. The first-order valence-corrected chi connectivity index (χ1v) is 5.49. The van der Waals surface area contributed by atoms with Crippen LogP contribution in [0.1, 0.15) is 13.3 Å². The summed E-state index contributed by atoms with van der Waals surface area (Å²) in [6.07, 6.45) is 0.328. The zero-order chi connectivity index (χ0) is 13.3. The maximum Gasteiger partial charge on any atom is 0.239 e. The van der Waals surface area contributed by atoms with Crippen LogP contribution >= 0.6 is 0 Å². The Morgan fingerprint density at radius 2 is 2.17 bits per heavy atom. The molecule has 1 aliphatic rings. The van der Waals surface area contributed by atoms with Gasteiger partial charge in [-0.15, -0.1) is 0 Å². The predicted molar refractivity (Wildman–Crippen MR) is 60.7 cm³/mol. The number of benzene rings is 1. The molecule has 4 nitrogen and oxygen atoms in total. The lowest BCUT2D eigenvalue weighted by Crippen LogP contribution is -2.40. The number of amides is 2. The number of rotatable bonds is 2. The van der Waals surface area contributed by atoms with E-state index in [2.05, 4.69) is 10.6 Å². The van der Waals surface area contributed by atoms with E-state index in [-0.39, 0.29) is 5.69 Å². The zero-order valence-corrected chi connectivity index (χ0v) is 9.72. The molecule has 6 heteroatoms. The topological polar surface area (TPSA) is 58.2 Å². The summed E-state index contributed by atoms with van der Waals surface area (Å²) < 4.78 is 26.4. The van der Waals surface area contributed by atoms with Gasteiger partial charge in [0.05, 0.1) is 5.69 Å². The van der Waals surface area contributed by atoms with Crippen molar-refractivity contribution in [1.82, 2.24) is 5.32 Å². The van der Waals surface area contributed by atoms with E-state index in [1.165, 1.54) is 19.1 Å². The molecule has 0 aliphatic carbocycles. The molecule has 1 heterocycles. The summed E-state index contributed by atoms with van der Waals surface area (Å²) in [5, 5.41) is 4.78. The molecule has 18 heavy (non-hydrogen) atoms. The van der Waals surface area contributed by atoms with E-state index in [0.717, 1.165) is 6.07 Å². The van der Waals surface area contributed by atoms with Gasteiger partial charge in [-0.2, -0.15) is 0 Å². The Balaban J connectivity index is 2.22.